The van der Waals surface area contributed by atoms with Gasteiger partial charge >= 0.3 is 5.97 Å². The van der Waals surface area contributed by atoms with Crippen molar-refractivity contribution in [1.29, 1.82) is 0 Å². The fourth-order valence-corrected chi connectivity index (χ4v) is 2.32. The van der Waals surface area contributed by atoms with Crippen LogP contribution in [0, 0.1) is 5.92 Å². The average Bonchev–Trinajstić information content (AvgIpc) is 2.56. The second kappa shape index (κ2) is 12.3. The lowest BCUT2D eigenvalue weighted by Crippen LogP contribution is -2.52. The van der Waals surface area contributed by atoms with Crippen LogP contribution in [0.1, 0.15) is 40.0 Å². The quantitative estimate of drug-likeness (QED) is 0.206. The van der Waals surface area contributed by atoms with Gasteiger partial charge in [-0.2, -0.15) is 12.6 Å². The highest BCUT2D eigenvalue weighted by atomic mass is 32.1. The van der Waals surface area contributed by atoms with Crippen molar-refractivity contribution >= 4 is 24.5 Å². The van der Waals surface area contributed by atoms with Crippen molar-refractivity contribution in [3.05, 3.63) is 12.2 Å². The molecule has 146 valence electrons. The Bertz CT molecular complexity index is 448. The number of carboxylic acid groups (broad SMARTS) is 1. The highest BCUT2D eigenvalue weighted by Crippen LogP contribution is 2.11. The first kappa shape index (κ1) is 23.9. The van der Waals surface area contributed by atoms with Crippen molar-refractivity contribution in [2.75, 3.05) is 18.9 Å². The first-order chi connectivity index (χ1) is 11.7. The minimum absolute atomic E-state index is 0.0404. The van der Waals surface area contributed by atoms with Gasteiger partial charge in [0, 0.05) is 43.8 Å². The number of aliphatic hydroxyl groups excluding tert-OH is 1. The summed E-state index contributed by atoms with van der Waals surface area (Å²) in [6.07, 6.45) is 4.64. The number of nitrogens with two attached hydrogens (primary N) is 1. The van der Waals surface area contributed by atoms with Crippen LogP contribution < -0.4 is 16.4 Å². The van der Waals surface area contributed by atoms with Crippen LogP contribution in [0.3, 0.4) is 0 Å². The SMILES string of the molecule is CC[C@H](C)[C@@H](C=CCC(=O)N[C@](C)(CCO)C(=O)O)NC[C@@H](N)CS. The smallest absolute Gasteiger partial charge is 0.329 e. The fraction of sp³-hybridized carbons (Fsp3) is 0.765. The third kappa shape index (κ3) is 9.25. The second-order valence-electron chi connectivity index (χ2n) is 6.55. The van der Waals surface area contributed by atoms with E-state index in [1.165, 1.54) is 6.92 Å². The van der Waals surface area contributed by atoms with Gasteiger partial charge in [-0.3, -0.25) is 4.79 Å². The van der Waals surface area contributed by atoms with Crippen LogP contribution in [0.2, 0.25) is 0 Å². The third-order valence-electron chi connectivity index (χ3n) is 4.25. The lowest BCUT2D eigenvalue weighted by Gasteiger charge is -2.25. The topological polar surface area (TPSA) is 125 Å². The Kier molecular flexibility index (Phi) is 11.8. The Hall–Kier alpha value is -1.09. The molecule has 0 saturated heterocycles. The van der Waals surface area contributed by atoms with Gasteiger partial charge in [0.15, 0.2) is 0 Å². The Balaban J connectivity index is 4.69. The number of aliphatic hydroxyl groups is 1. The van der Waals surface area contributed by atoms with Crippen molar-refractivity contribution in [2.24, 2.45) is 11.7 Å². The third-order valence-corrected chi connectivity index (χ3v) is 4.72. The molecule has 0 aliphatic rings. The number of carbonyl (C=O) groups is 2. The summed E-state index contributed by atoms with van der Waals surface area (Å²) in [7, 11) is 0. The van der Waals surface area contributed by atoms with E-state index in [4.69, 9.17) is 10.8 Å². The molecule has 0 rings (SSSR count). The molecule has 0 aromatic rings. The van der Waals surface area contributed by atoms with Crippen LogP contribution >= 0.6 is 12.6 Å². The lowest BCUT2D eigenvalue weighted by atomic mass is 9.97. The van der Waals surface area contributed by atoms with E-state index in [1.807, 2.05) is 6.08 Å². The standard InChI is InChI=1S/C17H33N3O4S/c1-4-12(2)14(19-10-13(18)11-25)6-5-7-15(22)20-17(3,8-9-21)16(23)24/h5-6,12-14,19,21,25H,4,7-11,18H2,1-3H3,(H,20,22)(H,23,24)/t12-,13+,14+,17+/m0/s1. The molecule has 0 radical (unpaired) electrons. The van der Waals surface area contributed by atoms with Crippen molar-refractivity contribution < 1.29 is 19.8 Å². The molecule has 0 aromatic carbocycles. The van der Waals surface area contributed by atoms with E-state index in [-0.39, 0.29) is 31.5 Å². The number of thiol groups is 1. The Labute approximate surface area is 155 Å². The number of rotatable bonds is 13. The summed E-state index contributed by atoms with van der Waals surface area (Å²) in [5.41, 5.74) is 4.40. The molecule has 0 saturated carbocycles. The molecule has 1 amide bonds. The Morgan fingerprint density at radius 1 is 1.40 bits per heavy atom. The van der Waals surface area contributed by atoms with E-state index >= 15 is 0 Å². The number of amides is 1. The van der Waals surface area contributed by atoms with Gasteiger partial charge in [-0.25, -0.2) is 4.79 Å². The summed E-state index contributed by atoms with van der Waals surface area (Å²) in [5, 5.41) is 24.0. The van der Waals surface area contributed by atoms with Gasteiger partial charge in [-0.05, 0) is 12.8 Å². The van der Waals surface area contributed by atoms with Gasteiger partial charge < -0.3 is 26.6 Å². The predicted molar refractivity (Wildman–Crippen MR) is 103 cm³/mol. The maximum atomic E-state index is 12.0. The molecule has 7 nitrogen and oxygen atoms in total. The van der Waals surface area contributed by atoms with Gasteiger partial charge in [0.05, 0.1) is 0 Å². The lowest BCUT2D eigenvalue weighted by molar-refractivity contribution is -0.147. The predicted octanol–water partition coefficient (Wildman–Crippen LogP) is 0.536. The van der Waals surface area contributed by atoms with Crippen LogP contribution in [0.5, 0.6) is 0 Å². The van der Waals surface area contributed by atoms with Gasteiger partial charge in [0.2, 0.25) is 5.91 Å². The number of carboxylic acids is 1. The first-order valence-electron chi connectivity index (χ1n) is 8.61. The molecule has 0 spiro atoms. The van der Waals surface area contributed by atoms with E-state index < -0.39 is 17.4 Å². The molecule has 0 aromatic heterocycles. The van der Waals surface area contributed by atoms with Crippen LogP contribution in [-0.4, -0.2) is 58.6 Å². The molecule has 0 unspecified atom stereocenters. The summed E-state index contributed by atoms with van der Waals surface area (Å²) in [4.78, 5) is 23.3. The summed E-state index contributed by atoms with van der Waals surface area (Å²) in [6, 6.07) is 0.0355. The zero-order valence-corrected chi connectivity index (χ0v) is 16.3. The Morgan fingerprint density at radius 2 is 2.04 bits per heavy atom. The monoisotopic (exact) mass is 375 g/mol. The molecule has 0 bridgehead atoms. The summed E-state index contributed by atoms with van der Waals surface area (Å²) in [5.74, 6) is -0.612. The number of nitrogens with one attached hydrogen (secondary N) is 2. The average molecular weight is 376 g/mol. The van der Waals surface area contributed by atoms with E-state index in [0.29, 0.717) is 18.2 Å². The van der Waals surface area contributed by atoms with Gasteiger partial charge in [-0.15, -0.1) is 0 Å². The maximum Gasteiger partial charge on any atom is 0.329 e. The first-order valence-corrected chi connectivity index (χ1v) is 9.25. The van der Waals surface area contributed by atoms with Crippen molar-refractivity contribution in [3.63, 3.8) is 0 Å². The summed E-state index contributed by atoms with van der Waals surface area (Å²) < 4.78 is 0. The molecule has 25 heavy (non-hydrogen) atoms. The van der Waals surface area contributed by atoms with E-state index in [9.17, 15) is 14.7 Å². The van der Waals surface area contributed by atoms with E-state index in [1.54, 1.807) is 6.08 Å². The van der Waals surface area contributed by atoms with Crippen LogP contribution in [0.15, 0.2) is 12.2 Å². The normalized spacial score (nSPS) is 17.7. The molecule has 6 N–H and O–H groups in total. The highest BCUT2D eigenvalue weighted by Gasteiger charge is 2.33. The molecule has 4 atom stereocenters. The fourth-order valence-electron chi connectivity index (χ4n) is 2.19. The minimum atomic E-state index is -1.46. The van der Waals surface area contributed by atoms with Gasteiger partial charge in [0.25, 0.3) is 0 Å². The van der Waals surface area contributed by atoms with E-state index in [0.717, 1.165) is 6.42 Å². The van der Waals surface area contributed by atoms with Gasteiger partial charge in [-0.1, -0.05) is 32.4 Å². The van der Waals surface area contributed by atoms with Crippen LogP contribution in [0.4, 0.5) is 0 Å². The molecule has 0 aliphatic carbocycles. The number of hydrogen-bond donors (Lipinski definition) is 6. The second-order valence-corrected chi connectivity index (χ2v) is 6.92. The molecular formula is C17H33N3O4S. The summed E-state index contributed by atoms with van der Waals surface area (Å²) in [6.45, 7) is 5.89. The maximum absolute atomic E-state index is 12.0. The molecule has 0 aliphatic heterocycles. The molecule has 0 heterocycles. The molecule has 0 fully saturated rings. The number of aliphatic carboxylic acids is 1. The van der Waals surface area contributed by atoms with Crippen molar-refractivity contribution in [1.82, 2.24) is 10.6 Å². The van der Waals surface area contributed by atoms with Gasteiger partial charge in [0.1, 0.15) is 5.54 Å². The largest absolute Gasteiger partial charge is 0.480 e. The number of hydrogen-bond acceptors (Lipinski definition) is 6. The zero-order valence-electron chi connectivity index (χ0n) is 15.4. The molecular weight excluding hydrogens is 342 g/mol. The Morgan fingerprint density at radius 3 is 2.52 bits per heavy atom. The zero-order chi connectivity index (χ0) is 19.5. The highest BCUT2D eigenvalue weighted by molar-refractivity contribution is 7.80. The summed E-state index contributed by atoms with van der Waals surface area (Å²) >= 11 is 4.16. The number of carbonyl (C=O) groups excluding carboxylic acids is 1. The van der Waals surface area contributed by atoms with Crippen molar-refractivity contribution in [3.8, 4) is 0 Å². The van der Waals surface area contributed by atoms with Crippen LogP contribution in [-0.2, 0) is 9.59 Å². The minimum Gasteiger partial charge on any atom is -0.480 e. The van der Waals surface area contributed by atoms with Crippen LogP contribution in [0.25, 0.3) is 0 Å². The van der Waals surface area contributed by atoms with Crippen molar-refractivity contribution in [2.45, 2.75) is 57.7 Å². The van der Waals surface area contributed by atoms with E-state index in [2.05, 4.69) is 37.1 Å². The molecule has 8 heteroatoms.